The van der Waals surface area contributed by atoms with Gasteiger partial charge in [0.15, 0.2) is 0 Å². The van der Waals surface area contributed by atoms with Crippen molar-refractivity contribution < 1.29 is 0 Å². The molecule has 0 atom stereocenters. The number of hydrogen-bond acceptors (Lipinski definition) is 1. The van der Waals surface area contributed by atoms with E-state index in [-0.39, 0.29) is 0 Å². The second-order valence-corrected chi connectivity index (χ2v) is 2.56. The highest BCUT2D eigenvalue weighted by atomic mass is 14.8. The summed E-state index contributed by atoms with van der Waals surface area (Å²) in [6.07, 6.45) is 3.86. The molecule has 0 aliphatic carbocycles. The first-order chi connectivity index (χ1) is 4.66. The number of amidine groups is 1. The minimum Gasteiger partial charge on any atom is -0.287 e. The van der Waals surface area contributed by atoms with Crippen LogP contribution >= 0.6 is 0 Å². The second kappa shape index (κ2) is 4.91. The van der Waals surface area contributed by atoms with Crippen LogP contribution in [0.4, 0.5) is 0 Å². The number of aliphatic imine (C=N–C) groups is 1. The summed E-state index contributed by atoms with van der Waals surface area (Å²) < 4.78 is 0. The van der Waals surface area contributed by atoms with E-state index in [9.17, 15) is 0 Å². The monoisotopic (exact) mass is 138 g/mol. The number of hydrogen-bond donors (Lipinski definition) is 1. The molecule has 0 radical (unpaired) electrons. The lowest BCUT2D eigenvalue weighted by molar-refractivity contribution is 0.679. The molecule has 0 saturated carbocycles. The predicted molar refractivity (Wildman–Crippen MR) is 45.9 cm³/mol. The highest BCUT2D eigenvalue weighted by Gasteiger charge is 1.96. The maximum Gasteiger partial charge on any atom is 0.120 e. The Hall–Kier alpha value is -0.920. The topological polar surface area (TPSA) is 36.2 Å². The molecule has 0 rings (SSSR count). The molecule has 1 N–H and O–H groups in total. The van der Waals surface area contributed by atoms with E-state index < -0.39 is 0 Å². The summed E-state index contributed by atoms with van der Waals surface area (Å²) in [5.74, 6) is 0.935. The normalized spacial score (nSPS) is 10.7. The summed E-state index contributed by atoms with van der Waals surface area (Å²) >= 11 is 0. The fourth-order valence-electron chi connectivity index (χ4n) is 0.582. The van der Waals surface area contributed by atoms with Crippen molar-refractivity contribution in [2.45, 2.75) is 20.3 Å². The smallest absolute Gasteiger partial charge is 0.120 e. The molecule has 0 saturated heterocycles. The Morgan fingerprint density at radius 1 is 1.70 bits per heavy atom. The van der Waals surface area contributed by atoms with Crippen molar-refractivity contribution in [2.24, 2.45) is 10.9 Å². The van der Waals surface area contributed by atoms with Crippen molar-refractivity contribution in [3.8, 4) is 0 Å². The third-order valence-electron chi connectivity index (χ3n) is 0.937. The van der Waals surface area contributed by atoms with E-state index in [1.165, 1.54) is 0 Å². The lowest BCUT2D eigenvalue weighted by Gasteiger charge is -1.99. The molecule has 0 spiro atoms. The van der Waals surface area contributed by atoms with E-state index in [1.54, 1.807) is 12.3 Å². The molecule has 2 heteroatoms. The third kappa shape index (κ3) is 5.22. The van der Waals surface area contributed by atoms with Crippen LogP contribution in [0, 0.1) is 11.3 Å². The molecule has 0 aromatic carbocycles. The van der Waals surface area contributed by atoms with Gasteiger partial charge in [0.05, 0.1) is 0 Å². The van der Waals surface area contributed by atoms with Gasteiger partial charge in [-0.2, -0.15) is 0 Å². The van der Waals surface area contributed by atoms with Crippen molar-refractivity contribution in [1.82, 2.24) is 0 Å². The average Bonchev–Trinajstić information content (AvgIpc) is 1.82. The summed E-state index contributed by atoms with van der Waals surface area (Å²) in [5, 5.41) is 7.28. The summed E-state index contributed by atoms with van der Waals surface area (Å²) in [6.45, 7) is 7.60. The molecule has 0 amide bonds. The van der Waals surface area contributed by atoms with Crippen molar-refractivity contribution in [2.75, 3.05) is 0 Å². The van der Waals surface area contributed by atoms with Gasteiger partial charge in [0.1, 0.15) is 5.84 Å². The molecule has 2 nitrogen and oxygen atoms in total. The molecular formula is C8H14N2. The first-order valence-corrected chi connectivity index (χ1v) is 3.39. The molecule has 0 bridgehead atoms. The quantitative estimate of drug-likeness (QED) is 0.459. The Bertz CT molecular complexity index is 145. The van der Waals surface area contributed by atoms with Crippen LogP contribution in [-0.4, -0.2) is 12.1 Å². The van der Waals surface area contributed by atoms with Crippen LogP contribution in [-0.2, 0) is 0 Å². The van der Waals surface area contributed by atoms with Gasteiger partial charge >= 0.3 is 0 Å². The second-order valence-electron chi connectivity index (χ2n) is 2.56. The van der Waals surface area contributed by atoms with Gasteiger partial charge in [0.25, 0.3) is 0 Å². The van der Waals surface area contributed by atoms with E-state index in [1.807, 2.05) is 0 Å². The summed E-state index contributed by atoms with van der Waals surface area (Å²) in [4.78, 5) is 3.82. The van der Waals surface area contributed by atoms with Gasteiger partial charge in [-0.1, -0.05) is 26.5 Å². The Morgan fingerprint density at radius 3 is 2.70 bits per heavy atom. The molecule has 0 aromatic heterocycles. The third-order valence-corrected chi connectivity index (χ3v) is 0.937. The van der Waals surface area contributed by atoms with Crippen molar-refractivity contribution in [3.05, 3.63) is 12.7 Å². The predicted octanol–water partition coefficient (Wildman–Crippen LogP) is 2.27. The van der Waals surface area contributed by atoms with Gasteiger partial charge in [-0.3, -0.25) is 5.41 Å². The minimum atomic E-state index is 0.426. The largest absolute Gasteiger partial charge is 0.287 e. The summed E-state index contributed by atoms with van der Waals surface area (Å²) in [7, 11) is 0. The number of nitrogens with zero attached hydrogens (tertiary/aromatic N) is 1. The SMILES string of the molecule is C=CC=NC(=N)CC(C)C. The van der Waals surface area contributed by atoms with Gasteiger partial charge in [-0.05, 0) is 5.92 Å². The summed E-state index contributed by atoms with van der Waals surface area (Å²) in [6, 6.07) is 0. The average molecular weight is 138 g/mol. The van der Waals surface area contributed by atoms with Crippen molar-refractivity contribution >= 4 is 12.1 Å². The zero-order valence-electron chi connectivity index (χ0n) is 6.59. The molecule has 0 unspecified atom stereocenters. The Morgan fingerprint density at radius 2 is 2.30 bits per heavy atom. The van der Waals surface area contributed by atoms with Crippen LogP contribution in [0.15, 0.2) is 17.6 Å². The van der Waals surface area contributed by atoms with Crippen LogP contribution in [0.5, 0.6) is 0 Å². The van der Waals surface area contributed by atoms with E-state index in [2.05, 4.69) is 25.4 Å². The highest BCUT2D eigenvalue weighted by molar-refractivity contribution is 5.90. The molecular weight excluding hydrogens is 124 g/mol. The van der Waals surface area contributed by atoms with Gasteiger partial charge in [0, 0.05) is 12.6 Å². The van der Waals surface area contributed by atoms with E-state index in [0.717, 1.165) is 6.42 Å². The molecule has 10 heavy (non-hydrogen) atoms. The van der Waals surface area contributed by atoms with Gasteiger partial charge in [0.2, 0.25) is 0 Å². The van der Waals surface area contributed by atoms with Crippen molar-refractivity contribution in [3.63, 3.8) is 0 Å². The van der Waals surface area contributed by atoms with Crippen LogP contribution in [0.2, 0.25) is 0 Å². The molecule has 56 valence electrons. The van der Waals surface area contributed by atoms with Crippen LogP contribution in [0.25, 0.3) is 0 Å². The first kappa shape index (κ1) is 9.08. The van der Waals surface area contributed by atoms with Gasteiger partial charge < -0.3 is 0 Å². The minimum absolute atomic E-state index is 0.426. The Balaban J connectivity index is 3.64. The molecule has 0 aromatic rings. The summed E-state index contributed by atoms with van der Waals surface area (Å²) in [5.41, 5.74) is 0. The maximum atomic E-state index is 7.28. The molecule has 0 aliphatic heterocycles. The van der Waals surface area contributed by atoms with E-state index in [0.29, 0.717) is 11.8 Å². The maximum absolute atomic E-state index is 7.28. The van der Waals surface area contributed by atoms with Crippen LogP contribution in [0.1, 0.15) is 20.3 Å². The fourth-order valence-corrected chi connectivity index (χ4v) is 0.582. The Kier molecular flexibility index (Phi) is 4.46. The van der Waals surface area contributed by atoms with E-state index >= 15 is 0 Å². The number of allylic oxidation sites excluding steroid dienone is 1. The zero-order chi connectivity index (χ0) is 7.98. The first-order valence-electron chi connectivity index (χ1n) is 3.39. The van der Waals surface area contributed by atoms with E-state index in [4.69, 9.17) is 5.41 Å². The standard InChI is InChI=1S/C8H14N2/c1-4-5-10-8(9)6-7(2)3/h4-5,7,9H,1,6H2,2-3H3. The molecule has 0 fully saturated rings. The number of rotatable bonds is 3. The zero-order valence-corrected chi connectivity index (χ0v) is 6.59. The van der Waals surface area contributed by atoms with Crippen LogP contribution < -0.4 is 0 Å². The molecule has 0 heterocycles. The highest BCUT2D eigenvalue weighted by Crippen LogP contribution is 2.00. The van der Waals surface area contributed by atoms with Gasteiger partial charge in [-0.15, -0.1) is 0 Å². The fraction of sp³-hybridized carbons (Fsp3) is 0.500. The molecule has 0 aliphatic rings. The lowest BCUT2D eigenvalue weighted by Crippen LogP contribution is -1.97. The van der Waals surface area contributed by atoms with Gasteiger partial charge in [-0.25, -0.2) is 4.99 Å². The number of nitrogens with one attached hydrogen (secondary N) is 1. The lowest BCUT2D eigenvalue weighted by atomic mass is 10.1. The van der Waals surface area contributed by atoms with Crippen LogP contribution in [0.3, 0.4) is 0 Å². The Labute approximate surface area is 62.2 Å². The van der Waals surface area contributed by atoms with Crippen molar-refractivity contribution in [1.29, 1.82) is 5.41 Å².